The minimum Gasteiger partial charge on any atom is -0.483 e. The lowest BCUT2D eigenvalue weighted by atomic mass is 9.94. The molecule has 1 aliphatic carbocycles. The Hall–Kier alpha value is -3.12. The number of nitrogens with zero attached hydrogens (tertiary/aromatic N) is 1. The van der Waals surface area contributed by atoms with Crippen LogP contribution in [0.2, 0.25) is 0 Å². The van der Waals surface area contributed by atoms with E-state index in [1.165, 1.54) is 6.42 Å². The van der Waals surface area contributed by atoms with Crippen molar-refractivity contribution in [2.45, 2.75) is 76.9 Å². The molecule has 206 valence electrons. The van der Waals surface area contributed by atoms with E-state index in [1.54, 1.807) is 4.90 Å². The summed E-state index contributed by atoms with van der Waals surface area (Å²) in [5.41, 5.74) is 3.03. The van der Waals surface area contributed by atoms with Crippen molar-refractivity contribution >= 4 is 27.7 Å². The number of hydrogen-bond donors (Lipinski definition) is 1. The van der Waals surface area contributed by atoms with Gasteiger partial charge in [-0.2, -0.15) is 0 Å². The Balaban J connectivity index is 1.62. The Bertz CT molecular complexity index is 1210. The third-order valence-corrected chi connectivity index (χ3v) is 7.91. The van der Waals surface area contributed by atoms with E-state index in [2.05, 4.69) is 35.1 Å². The second-order valence-corrected chi connectivity index (χ2v) is 11.6. The summed E-state index contributed by atoms with van der Waals surface area (Å²) in [7, 11) is 0. The molecular formula is C33H39BrN2O3. The van der Waals surface area contributed by atoms with Crippen LogP contribution in [-0.2, 0) is 22.6 Å². The molecule has 1 saturated carbocycles. The summed E-state index contributed by atoms with van der Waals surface area (Å²) in [5.74, 6) is 0.660. The Morgan fingerprint density at radius 3 is 2.26 bits per heavy atom. The summed E-state index contributed by atoms with van der Waals surface area (Å²) in [5, 5.41) is 3.29. The lowest BCUT2D eigenvalue weighted by molar-refractivity contribution is -0.143. The Morgan fingerprint density at radius 1 is 0.897 bits per heavy atom. The molecule has 0 unspecified atom stereocenters. The van der Waals surface area contributed by atoms with Crippen molar-refractivity contribution in [3.8, 4) is 5.75 Å². The largest absolute Gasteiger partial charge is 0.483 e. The van der Waals surface area contributed by atoms with Crippen LogP contribution >= 0.6 is 15.9 Å². The van der Waals surface area contributed by atoms with E-state index in [-0.39, 0.29) is 30.4 Å². The first-order chi connectivity index (χ1) is 18.9. The van der Waals surface area contributed by atoms with Gasteiger partial charge in [0.05, 0.1) is 0 Å². The number of carbonyl (C=O) groups is 2. The van der Waals surface area contributed by atoms with Crippen molar-refractivity contribution in [2.24, 2.45) is 0 Å². The molecule has 0 aromatic heterocycles. The maximum absolute atomic E-state index is 13.9. The third kappa shape index (κ3) is 8.43. The number of hydrogen-bond acceptors (Lipinski definition) is 3. The van der Waals surface area contributed by atoms with Gasteiger partial charge >= 0.3 is 0 Å². The zero-order chi connectivity index (χ0) is 27.6. The predicted molar refractivity (Wildman–Crippen MR) is 160 cm³/mol. The molecule has 0 saturated heterocycles. The van der Waals surface area contributed by atoms with Crippen LogP contribution in [0.5, 0.6) is 5.75 Å². The van der Waals surface area contributed by atoms with Gasteiger partial charge in [-0.15, -0.1) is 0 Å². The average Bonchev–Trinajstić information content (AvgIpc) is 2.95. The Kier molecular flexibility index (Phi) is 10.6. The molecule has 5 nitrogen and oxygen atoms in total. The standard InChI is InChI=1S/C33H39BrN2O3/c1-24(2)29-15-9-10-16-31(29)39-23-32(37)36(22-26-17-19-27(34)20-18-26)30(21-25-11-5-3-6-12-25)33(38)35-28-13-7-4-8-14-28/h3,5-6,9-12,15-20,24,28,30H,4,7-8,13-14,21-23H2,1-2H3,(H,35,38)/t30-/m0/s1. The summed E-state index contributed by atoms with van der Waals surface area (Å²) >= 11 is 3.50. The van der Waals surface area contributed by atoms with Gasteiger partial charge in [-0.1, -0.05) is 110 Å². The molecule has 0 bridgehead atoms. The summed E-state index contributed by atoms with van der Waals surface area (Å²) in [6, 6.07) is 25.1. The van der Waals surface area contributed by atoms with Crippen molar-refractivity contribution in [3.63, 3.8) is 0 Å². The first-order valence-electron chi connectivity index (χ1n) is 14.0. The molecule has 0 heterocycles. The number of nitrogens with one attached hydrogen (secondary N) is 1. The van der Waals surface area contributed by atoms with Crippen LogP contribution in [0.25, 0.3) is 0 Å². The van der Waals surface area contributed by atoms with Gasteiger partial charge < -0.3 is 15.0 Å². The highest BCUT2D eigenvalue weighted by Crippen LogP contribution is 2.26. The highest BCUT2D eigenvalue weighted by Gasteiger charge is 2.32. The molecule has 4 rings (SSSR count). The quantitative estimate of drug-likeness (QED) is 0.260. The maximum Gasteiger partial charge on any atom is 0.261 e. The number of carbonyl (C=O) groups excluding carboxylic acids is 2. The van der Waals surface area contributed by atoms with Crippen molar-refractivity contribution in [1.82, 2.24) is 10.2 Å². The molecule has 1 atom stereocenters. The molecule has 0 radical (unpaired) electrons. The molecule has 1 fully saturated rings. The second kappa shape index (κ2) is 14.3. The van der Waals surface area contributed by atoms with E-state index < -0.39 is 6.04 Å². The highest BCUT2D eigenvalue weighted by atomic mass is 79.9. The number of rotatable bonds is 11. The monoisotopic (exact) mass is 590 g/mol. The fourth-order valence-corrected chi connectivity index (χ4v) is 5.46. The SMILES string of the molecule is CC(C)c1ccccc1OCC(=O)N(Cc1ccc(Br)cc1)[C@@H](Cc1ccccc1)C(=O)NC1CCCCC1. The minimum atomic E-state index is -0.658. The first kappa shape index (κ1) is 28.9. The van der Waals surface area contributed by atoms with Crippen LogP contribution in [0.3, 0.4) is 0 Å². The molecule has 0 spiro atoms. The van der Waals surface area contributed by atoms with E-state index >= 15 is 0 Å². The van der Waals surface area contributed by atoms with E-state index in [0.29, 0.717) is 18.7 Å². The van der Waals surface area contributed by atoms with Crippen LogP contribution in [0.1, 0.15) is 68.6 Å². The fourth-order valence-electron chi connectivity index (χ4n) is 5.20. The zero-order valence-electron chi connectivity index (χ0n) is 22.9. The molecule has 3 aromatic carbocycles. The smallest absolute Gasteiger partial charge is 0.261 e. The van der Waals surface area contributed by atoms with Gasteiger partial charge in [0, 0.05) is 23.5 Å². The van der Waals surface area contributed by atoms with Crippen LogP contribution in [0.15, 0.2) is 83.3 Å². The van der Waals surface area contributed by atoms with Crippen molar-refractivity contribution < 1.29 is 14.3 Å². The van der Waals surface area contributed by atoms with Gasteiger partial charge in [0.25, 0.3) is 5.91 Å². The van der Waals surface area contributed by atoms with Crippen molar-refractivity contribution in [1.29, 1.82) is 0 Å². The second-order valence-electron chi connectivity index (χ2n) is 10.7. The Labute approximate surface area is 241 Å². The van der Waals surface area contributed by atoms with Crippen molar-refractivity contribution in [2.75, 3.05) is 6.61 Å². The number of benzene rings is 3. The number of para-hydroxylation sites is 1. The van der Waals surface area contributed by atoms with E-state index in [9.17, 15) is 9.59 Å². The van der Waals surface area contributed by atoms with Gasteiger partial charge in [0.2, 0.25) is 5.91 Å². The molecule has 2 amide bonds. The molecule has 3 aromatic rings. The highest BCUT2D eigenvalue weighted by molar-refractivity contribution is 9.10. The molecule has 1 aliphatic rings. The fraction of sp³-hybridized carbons (Fsp3) is 0.394. The summed E-state index contributed by atoms with van der Waals surface area (Å²) in [6.07, 6.45) is 5.87. The van der Waals surface area contributed by atoms with Crippen LogP contribution in [-0.4, -0.2) is 35.4 Å². The summed E-state index contributed by atoms with van der Waals surface area (Å²) in [6.45, 7) is 4.39. The third-order valence-electron chi connectivity index (χ3n) is 7.38. The van der Waals surface area contributed by atoms with Gasteiger partial charge in [0.15, 0.2) is 6.61 Å². The molecular weight excluding hydrogens is 552 g/mol. The molecule has 0 aliphatic heterocycles. The molecule has 39 heavy (non-hydrogen) atoms. The first-order valence-corrected chi connectivity index (χ1v) is 14.8. The predicted octanol–water partition coefficient (Wildman–Crippen LogP) is 7.04. The van der Waals surface area contributed by atoms with Crippen LogP contribution in [0.4, 0.5) is 0 Å². The van der Waals surface area contributed by atoms with Gasteiger partial charge in [-0.25, -0.2) is 0 Å². The van der Waals surface area contributed by atoms with Gasteiger partial charge in [0.1, 0.15) is 11.8 Å². The Morgan fingerprint density at radius 2 is 1.56 bits per heavy atom. The normalized spacial score (nSPS) is 14.6. The van der Waals surface area contributed by atoms with Gasteiger partial charge in [-0.3, -0.25) is 9.59 Å². The lowest BCUT2D eigenvalue weighted by Crippen LogP contribution is -2.53. The number of halogens is 1. The maximum atomic E-state index is 13.9. The topological polar surface area (TPSA) is 58.6 Å². The van der Waals surface area contributed by atoms with E-state index in [4.69, 9.17) is 4.74 Å². The summed E-state index contributed by atoms with van der Waals surface area (Å²) < 4.78 is 7.06. The van der Waals surface area contributed by atoms with Gasteiger partial charge in [-0.05, 0) is 53.6 Å². The molecule has 6 heteroatoms. The van der Waals surface area contributed by atoms with Crippen molar-refractivity contribution in [3.05, 3.63) is 100 Å². The van der Waals surface area contributed by atoms with E-state index in [0.717, 1.165) is 46.8 Å². The zero-order valence-corrected chi connectivity index (χ0v) is 24.5. The van der Waals surface area contributed by atoms with Crippen LogP contribution < -0.4 is 10.1 Å². The number of ether oxygens (including phenoxy) is 1. The van der Waals surface area contributed by atoms with Crippen LogP contribution in [0, 0.1) is 0 Å². The number of amides is 2. The summed E-state index contributed by atoms with van der Waals surface area (Å²) in [4.78, 5) is 29.5. The minimum absolute atomic E-state index is 0.0983. The lowest BCUT2D eigenvalue weighted by Gasteiger charge is -2.33. The average molecular weight is 592 g/mol. The van der Waals surface area contributed by atoms with E-state index in [1.807, 2.05) is 78.9 Å². The molecule has 1 N–H and O–H groups in total.